The van der Waals surface area contributed by atoms with Crippen LogP contribution in [0.4, 0.5) is 5.69 Å². The smallest absolute Gasteiger partial charge is 0.253 e. The summed E-state index contributed by atoms with van der Waals surface area (Å²) < 4.78 is 0. The average Bonchev–Trinajstić information content (AvgIpc) is 2.52. The van der Waals surface area contributed by atoms with Crippen molar-refractivity contribution in [2.75, 3.05) is 38.1 Å². The van der Waals surface area contributed by atoms with Crippen molar-refractivity contribution in [3.63, 3.8) is 0 Å². The zero-order valence-corrected chi connectivity index (χ0v) is 15.9. The highest BCUT2D eigenvalue weighted by Crippen LogP contribution is 2.16. The van der Waals surface area contributed by atoms with E-state index in [4.69, 9.17) is 0 Å². The number of nitrogens with zero attached hydrogens (tertiary/aromatic N) is 2. The lowest BCUT2D eigenvalue weighted by Crippen LogP contribution is -2.51. The first-order valence-electron chi connectivity index (χ1n) is 7.95. The molecule has 0 radical (unpaired) electrons. The van der Waals surface area contributed by atoms with E-state index in [2.05, 4.69) is 43.2 Å². The van der Waals surface area contributed by atoms with Gasteiger partial charge in [0.15, 0.2) is 0 Å². The maximum absolute atomic E-state index is 12.5. The summed E-state index contributed by atoms with van der Waals surface area (Å²) in [5.41, 5.74) is 1.96. The van der Waals surface area contributed by atoms with Crippen LogP contribution in [0.15, 0.2) is 24.3 Å². The fourth-order valence-corrected chi connectivity index (χ4v) is 2.68. The molecule has 0 spiro atoms. The van der Waals surface area contributed by atoms with E-state index < -0.39 is 0 Å². The number of carbonyl (C=O) groups excluding carboxylic acids is 1. The van der Waals surface area contributed by atoms with Gasteiger partial charge in [-0.05, 0) is 37.6 Å². The highest BCUT2D eigenvalue weighted by Gasteiger charge is 2.21. The third-order valence-electron chi connectivity index (χ3n) is 4.06. The minimum absolute atomic E-state index is 0. The fourth-order valence-electron chi connectivity index (χ4n) is 2.68. The summed E-state index contributed by atoms with van der Waals surface area (Å²) in [6, 6.07) is 8.38. The molecule has 1 aliphatic rings. The highest BCUT2D eigenvalue weighted by atomic mass is 35.5. The van der Waals surface area contributed by atoms with E-state index in [0.29, 0.717) is 6.04 Å². The van der Waals surface area contributed by atoms with Gasteiger partial charge in [0.2, 0.25) is 0 Å². The minimum Gasteiger partial charge on any atom is -0.375 e. The molecule has 6 heteroatoms. The van der Waals surface area contributed by atoms with Gasteiger partial charge in [0.05, 0.1) is 0 Å². The summed E-state index contributed by atoms with van der Waals surface area (Å²) >= 11 is 0. The van der Waals surface area contributed by atoms with Crippen LogP contribution in [0.1, 0.15) is 37.0 Å². The molecule has 0 saturated carbocycles. The topological polar surface area (TPSA) is 35.6 Å². The standard InChI is InChI=1S/C17H27N3O.2ClH/c1-4-5-11-19(3)16-8-6-15(7-9-16)17(21)20-12-10-18-14(2)13-20;;/h6-9,14,18H,4-5,10-13H2,1-3H3;2*1H. The summed E-state index contributed by atoms with van der Waals surface area (Å²) in [6.45, 7) is 7.83. The molecule has 1 unspecified atom stereocenters. The Labute approximate surface area is 152 Å². The number of carbonyl (C=O) groups is 1. The Hall–Kier alpha value is -0.970. The molecule has 132 valence electrons. The highest BCUT2D eigenvalue weighted by molar-refractivity contribution is 5.94. The summed E-state index contributed by atoms with van der Waals surface area (Å²) in [5.74, 6) is 0.145. The van der Waals surface area contributed by atoms with Gasteiger partial charge in [0.1, 0.15) is 0 Å². The summed E-state index contributed by atoms with van der Waals surface area (Å²) in [6.07, 6.45) is 2.39. The lowest BCUT2D eigenvalue weighted by atomic mass is 10.1. The molecule has 1 aliphatic heterocycles. The van der Waals surface area contributed by atoms with Crippen molar-refractivity contribution in [1.29, 1.82) is 0 Å². The van der Waals surface area contributed by atoms with Crippen LogP contribution in [-0.2, 0) is 0 Å². The molecule has 4 nitrogen and oxygen atoms in total. The number of amides is 1. The second-order valence-corrected chi connectivity index (χ2v) is 5.93. The van der Waals surface area contributed by atoms with Crippen LogP contribution in [0.3, 0.4) is 0 Å². The molecule has 1 saturated heterocycles. The van der Waals surface area contributed by atoms with Gasteiger partial charge in [-0.3, -0.25) is 4.79 Å². The van der Waals surface area contributed by atoms with Gasteiger partial charge in [-0.15, -0.1) is 24.8 Å². The van der Waals surface area contributed by atoms with Crippen LogP contribution < -0.4 is 10.2 Å². The molecule has 1 aromatic carbocycles. The largest absolute Gasteiger partial charge is 0.375 e. The predicted molar refractivity (Wildman–Crippen MR) is 102 cm³/mol. The summed E-state index contributed by atoms with van der Waals surface area (Å²) in [7, 11) is 2.10. The Balaban J connectivity index is 0.00000242. The molecule has 23 heavy (non-hydrogen) atoms. The van der Waals surface area contributed by atoms with Crippen molar-refractivity contribution in [3.05, 3.63) is 29.8 Å². The second kappa shape index (κ2) is 10.7. The van der Waals surface area contributed by atoms with Gasteiger partial charge in [-0.1, -0.05) is 13.3 Å². The average molecular weight is 362 g/mol. The number of benzene rings is 1. The number of rotatable bonds is 5. The van der Waals surface area contributed by atoms with Crippen LogP contribution in [0, 0.1) is 0 Å². The molecular formula is C17H29Cl2N3O. The Morgan fingerprint density at radius 2 is 1.96 bits per heavy atom. The van der Waals surface area contributed by atoms with Gasteiger partial charge >= 0.3 is 0 Å². The first-order valence-corrected chi connectivity index (χ1v) is 7.95. The number of halogens is 2. The molecule has 1 atom stereocenters. The van der Waals surface area contributed by atoms with Crippen LogP contribution in [0.5, 0.6) is 0 Å². The van der Waals surface area contributed by atoms with Crippen LogP contribution >= 0.6 is 24.8 Å². The van der Waals surface area contributed by atoms with Crippen molar-refractivity contribution >= 4 is 36.4 Å². The van der Waals surface area contributed by atoms with E-state index in [0.717, 1.165) is 31.7 Å². The summed E-state index contributed by atoms with van der Waals surface area (Å²) in [5, 5.41) is 3.36. The normalized spacial score (nSPS) is 17.0. The Bertz CT molecular complexity index is 467. The zero-order chi connectivity index (χ0) is 15.2. The number of anilines is 1. The first kappa shape index (κ1) is 22.0. The van der Waals surface area contributed by atoms with E-state index in [1.165, 1.54) is 18.5 Å². The molecule has 1 heterocycles. The molecule has 0 bridgehead atoms. The molecule has 0 aromatic heterocycles. The van der Waals surface area contributed by atoms with Crippen molar-refractivity contribution in [2.24, 2.45) is 0 Å². The monoisotopic (exact) mass is 361 g/mol. The minimum atomic E-state index is 0. The lowest BCUT2D eigenvalue weighted by molar-refractivity contribution is 0.0709. The second-order valence-electron chi connectivity index (χ2n) is 5.93. The van der Waals surface area contributed by atoms with Crippen molar-refractivity contribution in [1.82, 2.24) is 10.2 Å². The van der Waals surface area contributed by atoms with Crippen molar-refractivity contribution < 1.29 is 4.79 Å². The lowest BCUT2D eigenvalue weighted by Gasteiger charge is -2.32. The molecular weight excluding hydrogens is 333 g/mol. The number of nitrogens with one attached hydrogen (secondary N) is 1. The van der Waals surface area contributed by atoms with Gasteiger partial charge in [-0.25, -0.2) is 0 Å². The van der Waals surface area contributed by atoms with Gasteiger partial charge < -0.3 is 15.1 Å². The molecule has 1 amide bonds. The van der Waals surface area contributed by atoms with E-state index in [1.807, 2.05) is 17.0 Å². The van der Waals surface area contributed by atoms with E-state index in [9.17, 15) is 4.79 Å². The maximum atomic E-state index is 12.5. The third-order valence-corrected chi connectivity index (χ3v) is 4.06. The Morgan fingerprint density at radius 3 is 2.52 bits per heavy atom. The molecule has 2 rings (SSSR count). The van der Waals surface area contributed by atoms with Gasteiger partial charge in [-0.2, -0.15) is 0 Å². The Kier molecular flexibility index (Phi) is 10.3. The molecule has 1 fully saturated rings. The van der Waals surface area contributed by atoms with E-state index in [-0.39, 0.29) is 30.7 Å². The summed E-state index contributed by atoms with van der Waals surface area (Å²) in [4.78, 5) is 16.7. The van der Waals surface area contributed by atoms with E-state index in [1.54, 1.807) is 0 Å². The quantitative estimate of drug-likeness (QED) is 0.874. The zero-order valence-electron chi connectivity index (χ0n) is 14.2. The number of piperazine rings is 1. The van der Waals surface area contributed by atoms with Gasteiger partial charge in [0.25, 0.3) is 5.91 Å². The molecule has 1 N–H and O–H groups in total. The maximum Gasteiger partial charge on any atom is 0.253 e. The first-order chi connectivity index (χ1) is 10.1. The van der Waals surface area contributed by atoms with Crippen LogP contribution in [0.25, 0.3) is 0 Å². The van der Waals surface area contributed by atoms with Crippen molar-refractivity contribution in [3.8, 4) is 0 Å². The number of hydrogen-bond donors (Lipinski definition) is 1. The number of hydrogen-bond acceptors (Lipinski definition) is 3. The van der Waals surface area contributed by atoms with Crippen LogP contribution in [-0.4, -0.2) is 50.1 Å². The number of unbranched alkanes of at least 4 members (excludes halogenated alkanes) is 1. The van der Waals surface area contributed by atoms with Crippen LogP contribution in [0.2, 0.25) is 0 Å². The predicted octanol–water partition coefficient (Wildman–Crippen LogP) is 3.20. The van der Waals surface area contributed by atoms with E-state index >= 15 is 0 Å². The fraction of sp³-hybridized carbons (Fsp3) is 0.588. The Morgan fingerprint density at radius 1 is 1.30 bits per heavy atom. The van der Waals surface area contributed by atoms with Gasteiger partial charge in [0, 0.05) is 50.5 Å². The SMILES string of the molecule is CCCCN(C)c1ccc(C(=O)N2CCNC(C)C2)cc1.Cl.Cl. The van der Waals surface area contributed by atoms with Crippen molar-refractivity contribution in [2.45, 2.75) is 32.7 Å². The molecule has 1 aromatic rings. The molecule has 0 aliphatic carbocycles. The third kappa shape index (κ3) is 6.21.